The molecule has 0 radical (unpaired) electrons. The van der Waals surface area contributed by atoms with Crippen LogP contribution in [0.1, 0.15) is 33.1 Å². The number of nitrogens with one attached hydrogen (secondary N) is 1. The number of carbonyl (C=O) groups is 2. The Balaban J connectivity index is 1.87. The lowest BCUT2D eigenvalue weighted by Gasteiger charge is -2.19. The Morgan fingerprint density at radius 3 is 2.83 bits per heavy atom. The van der Waals surface area contributed by atoms with Crippen LogP contribution in [0.25, 0.3) is 0 Å². The molecule has 0 spiro atoms. The SMILES string of the molecule is CC(C)CC(CN)NC(=O)COc1cccc(N2CCCC2=O)c1. The van der Waals surface area contributed by atoms with E-state index in [0.717, 1.165) is 25.1 Å². The number of rotatable bonds is 8. The highest BCUT2D eigenvalue weighted by Gasteiger charge is 2.22. The van der Waals surface area contributed by atoms with Crippen LogP contribution in [0.2, 0.25) is 0 Å². The standard InChI is InChI=1S/C18H27N3O3/c1-13(2)9-14(11-19)20-17(22)12-24-16-6-3-5-15(10-16)21-8-4-7-18(21)23/h3,5-6,10,13-14H,4,7-9,11-12,19H2,1-2H3,(H,20,22). The number of hydrogen-bond donors (Lipinski definition) is 2. The molecule has 2 rings (SSSR count). The Bertz CT molecular complexity index is 574. The number of nitrogens with two attached hydrogens (primary N) is 1. The lowest BCUT2D eigenvalue weighted by molar-refractivity contribution is -0.123. The molecule has 1 aliphatic rings. The highest BCUT2D eigenvalue weighted by atomic mass is 16.5. The van der Waals surface area contributed by atoms with Gasteiger partial charge in [-0.1, -0.05) is 19.9 Å². The topological polar surface area (TPSA) is 84.7 Å². The molecule has 132 valence electrons. The van der Waals surface area contributed by atoms with Gasteiger partial charge in [0.2, 0.25) is 5.91 Å². The van der Waals surface area contributed by atoms with E-state index in [9.17, 15) is 9.59 Å². The maximum Gasteiger partial charge on any atom is 0.258 e. The summed E-state index contributed by atoms with van der Waals surface area (Å²) in [5, 5.41) is 2.89. The Labute approximate surface area is 143 Å². The average Bonchev–Trinajstić information content (AvgIpc) is 2.98. The second-order valence-corrected chi connectivity index (χ2v) is 6.56. The molecule has 1 atom stereocenters. The first-order valence-corrected chi connectivity index (χ1v) is 8.52. The molecular weight excluding hydrogens is 306 g/mol. The molecule has 0 aliphatic carbocycles. The van der Waals surface area contributed by atoms with Crippen LogP contribution in [-0.2, 0) is 9.59 Å². The molecular formula is C18H27N3O3. The van der Waals surface area contributed by atoms with Crippen molar-refractivity contribution in [3.8, 4) is 5.75 Å². The summed E-state index contributed by atoms with van der Waals surface area (Å²) >= 11 is 0. The first-order chi connectivity index (χ1) is 11.5. The second-order valence-electron chi connectivity index (χ2n) is 6.56. The average molecular weight is 333 g/mol. The van der Waals surface area contributed by atoms with E-state index in [1.54, 1.807) is 17.0 Å². The van der Waals surface area contributed by atoms with E-state index in [4.69, 9.17) is 10.5 Å². The molecule has 0 aromatic heterocycles. The summed E-state index contributed by atoms with van der Waals surface area (Å²) in [5.41, 5.74) is 6.50. The monoisotopic (exact) mass is 333 g/mol. The van der Waals surface area contributed by atoms with E-state index in [1.165, 1.54) is 0 Å². The lowest BCUT2D eigenvalue weighted by Crippen LogP contribution is -2.43. The minimum absolute atomic E-state index is 0.0327. The minimum Gasteiger partial charge on any atom is -0.484 e. The summed E-state index contributed by atoms with van der Waals surface area (Å²) in [6, 6.07) is 7.25. The van der Waals surface area contributed by atoms with Gasteiger partial charge in [0.25, 0.3) is 5.91 Å². The number of hydrogen-bond acceptors (Lipinski definition) is 4. The molecule has 1 heterocycles. The predicted octanol–water partition coefficient (Wildman–Crippen LogP) is 1.68. The fourth-order valence-corrected chi connectivity index (χ4v) is 2.86. The zero-order valence-corrected chi connectivity index (χ0v) is 14.5. The first kappa shape index (κ1) is 18.3. The third-order valence-corrected chi connectivity index (χ3v) is 3.98. The molecule has 1 aromatic rings. The van der Waals surface area contributed by atoms with Gasteiger partial charge >= 0.3 is 0 Å². The number of carbonyl (C=O) groups excluding carboxylic acids is 2. The summed E-state index contributed by atoms with van der Waals surface area (Å²) in [5.74, 6) is 0.989. The molecule has 6 heteroatoms. The fourth-order valence-electron chi connectivity index (χ4n) is 2.86. The largest absolute Gasteiger partial charge is 0.484 e. The van der Waals surface area contributed by atoms with Gasteiger partial charge in [-0.2, -0.15) is 0 Å². The van der Waals surface area contributed by atoms with Crippen molar-refractivity contribution in [3.63, 3.8) is 0 Å². The zero-order valence-electron chi connectivity index (χ0n) is 14.5. The van der Waals surface area contributed by atoms with Crippen LogP contribution >= 0.6 is 0 Å². The number of ether oxygens (including phenoxy) is 1. The smallest absolute Gasteiger partial charge is 0.258 e. The summed E-state index contributed by atoms with van der Waals surface area (Å²) in [7, 11) is 0. The van der Waals surface area contributed by atoms with Crippen LogP contribution in [0.3, 0.4) is 0 Å². The number of anilines is 1. The molecule has 24 heavy (non-hydrogen) atoms. The first-order valence-electron chi connectivity index (χ1n) is 8.52. The number of amides is 2. The third-order valence-electron chi connectivity index (χ3n) is 3.98. The van der Waals surface area contributed by atoms with Crippen LogP contribution in [0.4, 0.5) is 5.69 Å². The molecule has 0 bridgehead atoms. The van der Waals surface area contributed by atoms with Crippen LogP contribution in [0.5, 0.6) is 5.75 Å². The molecule has 0 saturated carbocycles. The van der Waals surface area contributed by atoms with E-state index in [0.29, 0.717) is 24.6 Å². The Morgan fingerprint density at radius 2 is 2.21 bits per heavy atom. The van der Waals surface area contributed by atoms with E-state index in [2.05, 4.69) is 19.2 Å². The molecule has 1 aliphatic heterocycles. The molecule has 6 nitrogen and oxygen atoms in total. The van der Waals surface area contributed by atoms with Gasteiger partial charge in [-0.25, -0.2) is 0 Å². The Hall–Kier alpha value is -2.08. The van der Waals surface area contributed by atoms with E-state index in [-0.39, 0.29) is 24.5 Å². The van der Waals surface area contributed by atoms with Crippen LogP contribution < -0.4 is 20.7 Å². The van der Waals surface area contributed by atoms with Gasteiger partial charge in [-0.3, -0.25) is 9.59 Å². The van der Waals surface area contributed by atoms with E-state index < -0.39 is 0 Å². The molecule has 1 unspecified atom stereocenters. The van der Waals surface area contributed by atoms with Gasteiger partial charge in [0.15, 0.2) is 6.61 Å². The van der Waals surface area contributed by atoms with E-state index >= 15 is 0 Å². The molecule has 3 N–H and O–H groups in total. The summed E-state index contributed by atoms with van der Waals surface area (Å²) in [6.45, 7) is 5.27. The van der Waals surface area contributed by atoms with Crippen molar-refractivity contribution in [2.24, 2.45) is 11.7 Å². The van der Waals surface area contributed by atoms with Gasteiger partial charge < -0.3 is 20.7 Å². The van der Waals surface area contributed by atoms with Crippen molar-refractivity contribution < 1.29 is 14.3 Å². The van der Waals surface area contributed by atoms with Crippen molar-refractivity contribution in [1.29, 1.82) is 0 Å². The minimum atomic E-state index is -0.186. The van der Waals surface area contributed by atoms with Gasteiger partial charge in [0.05, 0.1) is 0 Å². The van der Waals surface area contributed by atoms with Gasteiger partial charge in [-0.05, 0) is 30.9 Å². The lowest BCUT2D eigenvalue weighted by atomic mass is 10.0. The molecule has 2 amide bonds. The van der Waals surface area contributed by atoms with Crippen molar-refractivity contribution in [1.82, 2.24) is 5.32 Å². The van der Waals surface area contributed by atoms with Crippen LogP contribution in [-0.4, -0.2) is 37.6 Å². The predicted molar refractivity (Wildman–Crippen MR) is 94.0 cm³/mol. The number of benzene rings is 1. The highest BCUT2D eigenvalue weighted by Crippen LogP contribution is 2.25. The molecule has 1 saturated heterocycles. The van der Waals surface area contributed by atoms with Gasteiger partial charge in [-0.15, -0.1) is 0 Å². The van der Waals surface area contributed by atoms with Gasteiger partial charge in [0.1, 0.15) is 5.75 Å². The Morgan fingerprint density at radius 1 is 1.42 bits per heavy atom. The number of nitrogens with zero attached hydrogens (tertiary/aromatic N) is 1. The second kappa shape index (κ2) is 8.68. The zero-order chi connectivity index (χ0) is 17.5. The fraction of sp³-hybridized carbons (Fsp3) is 0.556. The summed E-state index contributed by atoms with van der Waals surface area (Å²) < 4.78 is 5.56. The molecule has 1 fully saturated rings. The maximum absolute atomic E-state index is 12.0. The van der Waals surface area contributed by atoms with Crippen molar-refractivity contribution in [2.45, 2.75) is 39.2 Å². The Kier molecular flexibility index (Phi) is 6.61. The highest BCUT2D eigenvalue weighted by molar-refractivity contribution is 5.95. The van der Waals surface area contributed by atoms with Gasteiger partial charge in [0, 0.05) is 37.3 Å². The summed E-state index contributed by atoms with van der Waals surface area (Å²) in [4.78, 5) is 25.6. The van der Waals surface area contributed by atoms with E-state index in [1.807, 2.05) is 12.1 Å². The van der Waals surface area contributed by atoms with Crippen LogP contribution in [0.15, 0.2) is 24.3 Å². The van der Waals surface area contributed by atoms with Crippen molar-refractivity contribution >= 4 is 17.5 Å². The third kappa shape index (κ3) is 5.23. The van der Waals surface area contributed by atoms with Crippen LogP contribution in [0, 0.1) is 5.92 Å². The maximum atomic E-state index is 12.0. The van der Waals surface area contributed by atoms with Crippen molar-refractivity contribution in [3.05, 3.63) is 24.3 Å². The molecule has 1 aromatic carbocycles. The normalized spacial score (nSPS) is 15.7. The van der Waals surface area contributed by atoms with Crippen molar-refractivity contribution in [2.75, 3.05) is 24.6 Å². The summed E-state index contributed by atoms with van der Waals surface area (Å²) in [6.07, 6.45) is 2.31. The quantitative estimate of drug-likeness (QED) is 0.758.